The molecule has 0 bridgehead atoms. The highest BCUT2D eigenvalue weighted by atomic mass is 16.2. The van der Waals surface area contributed by atoms with Crippen molar-refractivity contribution in [3.63, 3.8) is 0 Å². The Morgan fingerprint density at radius 2 is 0.810 bits per heavy atom. The van der Waals surface area contributed by atoms with Crippen molar-refractivity contribution >= 4 is 11.6 Å². The van der Waals surface area contributed by atoms with Crippen molar-refractivity contribution in [2.45, 2.75) is 119 Å². The van der Waals surface area contributed by atoms with E-state index in [0.29, 0.717) is 5.92 Å². The molecule has 0 spiro atoms. The minimum atomic E-state index is 0.0227. The quantitative estimate of drug-likeness (QED) is 0.309. The maximum Gasteiger partial charge on any atom is 0.230 e. The topological polar surface area (TPSA) is 20.3 Å². The zero-order valence-corrected chi connectivity index (χ0v) is 28.9. The third kappa shape index (κ3) is 6.69. The van der Waals surface area contributed by atoms with E-state index in [9.17, 15) is 4.79 Å². The highest BCUT2D eigenvalue weighted by Gasteiger charge is 2.35. The van der Waals surface area contributed by atoms with E-state index >= 15 is 0 Å². The number of hydrogen-bond acceptors (Lipinski definition) is 1. The van der Waals surface area contributed by atoms with Gasteiger partial charge in [-0.15, -0.1) is 0 Å². The van der Waals surface area contributed by atoms with E-state index in [1.165, 1.54) is 33.4 Å². The molecule has 0 saturated carbocycles. The summed E-state index contributed by atoms with van der Waals surface area (Å²) < 4.78 is 0. The van der Waals surface area contributed by atoms with Gasteiger partial charge in [-0.05, 0) is 90.3 Å². The van der Waals surface area contributed by atoms with Crippen LogP contribution in [0.2, 0.25) is 0 Å². The lowest BCUT2D eigenvalue weighted by molar-refractivity contribution is -0.120. The Kier molecular flexibility index (Phi) is 8.16. The minimum absolute atomic E-state index is 0.0227. The van der Waals surface area contributed by atoms with Crippen LogP contribution in [-0.2, 0) is 26.5 Å². The van der Waals surface area contributed by atoms with E-state index in [2.05, 4.69) is 152 Å². The maximum absolute atomic E-state index is 13.5. The van der Waals surface area contributed by atoms with Crippen molar-refractivity contribution in [1.82, 2.24) is 0 Å². The largest absolute Gasteiger partial charge is 0.312 e. The molecule has 0 aromatic heterocycles. The van der Waals surface area contributed by atoms with Gasteiger partial charge in [0.1, 0.15) is 0 Å². The number of nitrogens with zero attached hydrogens (tertiary/aromatic N) is 1. The summed E-state index contributed by atoms with van der Waals surface area (Å²) in [5.41, 5.74) is 11.2. The summed E-state index contributed by atoms with van der Waals surface area (Å²) in [4.78, 5) is 15.5. The van der Waals surface area contributed by atoms with E-state index in [1.807, 2.05) is 4.90 Å². The molecule has 1 amide bonds. The van der Waals surface area contributed by atoms with Crippen molar-refractivity contribution in [2.24, 2.45) is 11.8 Å². The van der Waals surface area contributed by atoms with Gasteiger partial charge in [0.25, 0.3) is 0 Å². The molecular formula is C40H55NO. The van der Waals surface area contributed by atoms with Crippen LogP contribution in [0.15, 0.2) is 54.6 Å². The van der Waals surface area contributed by atoms with Gasteiger partial charge in [-0.1, -0.05) is 133 Å². The average Bonchev–Trinajstić information content (AvgIpc) is 3.13. The Morgan fingerprint density at radius 1 is 0.500 bits per heavy atom. The van der Waals surface area contributed by atoms with Crippen molar-refractivity contribution < 1.29 is 4.79 Å². The Morgan fingerprint density at radius 3 is 1.07 bits per heavy atom. The van der Waals surface area contributed by atoms with Crippen molar-refractivity contribution in [3.8, 4) is 22.3 Å². The number of benzene rings is 3. The lowest BCUT2D eigenvalue weighted by atomic mass is 9.78. The number of carbonyl (C=O) groups is 1. The molecule has 3 aromatic rings. The van der Waals surface area contributed by atoms with Gasteiger partial charge >= 0.3 is 0 Å². The third-order valence-corrected chi connectivity index (χ3v) is 9.21. The minimum Gasteiger partial charge on any atom is -0.312 e. The molecule has 226 valence electrons. The van der Waals surface area contributed by atoms with Crippen LogP contribution >= 0.6 is 0 Å². The highest BCUT2D eigenvalue weighted by molar-refractivity contribution is 5.98. The molecule has 0 N–H and O–H groups in total. The first-order chi connectivity index (χ1) is 19.1. The van der Waals surface area contributed by atoms with Crippen LogP contribution in [0.5, 0.6) is 0 Å². The molecule has 1 aliphatic rings. The van der Waals surface area contributed by atoms with Gasteiger partial charge in [0.2, 0.25) is 5.91 Å². The lowest BCUT2D eigenvalue weighted by Gasteiger charge is -2.27. The summed E-state index contributed by atoms with van der Waals surface area (Å²) >= 11 is 0. The predicted molar refractivity (Wildman–Crippen MR) is 183 cm³/mol. The smallest absolute Gasteiger partial charge is 0.230 e. The van der Waals surface area contributed by atoms with Crippen molar-refractivity contribution in [3.05, 3.63) is 76.9 Å². The molecule has 2 heteroatoms. The Labute approximate surface area is 256 Å². The Hall–Kier alpha value is -2.87. The molecule has 2 nitrogen and oxygen atoms in total. The number of carbonyl (C=O) groups excluding carboxylic acids is 1. The number of rotatable bonds is 3. The first kappa shape index (κ1) is 32.1. The first-order valence-corrected chi connectivity index (χ1v) is 15.8. The molecule has 1 fully saturated rings. The summed E-state index contributed by atoms with van der Waals surface area (Å²) in [6, 6.07) is 21.1. The van der Waals surface area contributed by atoms with E-state index in [1.54, 1.807) is 0 Å². The molecule has 2 atom stereocenters. The highest BCUT2D eigenvalue weighted by Crippen LogP contribution is 2.41. The molecule has 3 aromatic carbocycles. The summed E-state index contributed by atoms with van der Waals surface area (Å²) in [6.45, 7) is 32.5. The fourth-order valence-corrected chi connectivity index (χ4v) is 5.68. The second-order valence-corrected chi connectivity index (χ2v) is 17.1. The summed E-state index contributed by atoms with van der Waals surface area (Å²) in [6.07, 6.45) is 0. The SMILES string of the molecule is CC1CN(c2cc(-c3cc(C(C)(C)C)cc(C(C)(C)C)c3)cc(-c3cc(C(C)(C)C)cc(C(C)(C)C)c3)c2)C(=O)C1C. The van der Waals surface area contributed by atoms with E-state index < -0.39 is 0 Å². The predicted octanol–water partition coefficient (Wildman–Crippen LogP) is 10.8. The van der Waals surface area contributed by atoms with Crippen LogP contribution in [0.25, 0.3) is 22.3 Å². The van der Waals surface area contributed by atoms with Crippen LogP contribution in [0.1, 0.15) is 119 Å². The molecule has 42 heavy (non-hydrogen) atoms. The molecule has 1 heterocycles. The Bertz CT molecular complexity index is 1320. The number of amides is 1. The average molecular weight is 566 g/mol. The molecule has 0 aliphatic carbocycles. The number of hydrogen-bond donors (Lipinski definition) is 0. The summed E-state index contributed by atoms with van der Waals surface area (Å²) in [7, 11) is 0. The fraction of sp³-hybridized carbons (Fsp3) is 0.525. The van der Waals surface area contributed by atoms with Crippen LogP contribution < -0.4 is 4.90 Å². The third-order valence-electron chi connectivity index (χ3n) is 9.21. The van der Waals surface area contributed by atoms with E-state index in [-0.39, 0.29) is 33.5 Å². The molecule has 0 radical (unpaired) electrons. The lowest BCUT2D eigenvalue weighted by Crippen LogP contribution is -2.26. The van der Waals surface area contributed by atoms with Gasteiger partial charge < -0.3 is 4.90 Å². The summed E-state index contributed by atoms with van der Waals surface area (Å²) in [5, 5.41) is 0. The molecule has 4 rings (SSSR count). The van der Waals surface area contributed by atoms with E-state index in [4.69, 9.17) is 0 Å². The van der Waals surface area contributed by atoms with E-state index in [0.717, 1.165) is 23.4 Å². The van der Waals surface area contributed by atoms with Crippen LogP contribution in [0.3, 0.4) is 0 Å². The molecule has 1 saturated heterocycles. The van der Waals surface area contributed by atoms with Crippen molar-refractivity contribution in [1.29, 1.82) is 0 Å². The Balaban J connectivity index is 2.04. The van der Waals surface area contributed by atoms with Crippen molar-refractivity contribution in [2.75, 3.05) is 11.4 Å². The van der Waals surface area contributed by atoms with Crippen LogP contribution in [-0.4, -0.2) is 12.5 Å². The zero-order chi connectivity index (χ0) is 31.6. The number of anilines is 1. The van der Waals surface area contributed by atoms with Gasteiger partial charge in [-0.25, -0.2) is 0 Å². The fourth-order valence-electron chi connectivity index (χ4n) is 5.68. The summed E-state index contributed by atoms with van der Waals surface area (Å²) in [5.74, 6) is 0.590. The first-order valence-electron chi connectivity index (χ1n) is 15.8. The standard InChI is InChI=1S/C40H55NO/c1-25-24-41(36(42)26(25)2)35-20-27(29-16-31(37(3,4)5)22-32(17-29)38(6,7)8)15-28(21-35)30-18-33(39(9,10)11)23-34(19-30)40(12,13)14/h15-23,25-26H,24H2,1-14H3. The second-order valence-electron chi connectivity index (χ2n) is 17.1. The van der Waals surface area contributed by atoms with Gasteiger partial charge in [-0.3, -0.25) is 4.79 Å². The zero-order valence-electron chi connectivity index (χ0n) is 28.9. The van der Waals surface area contributed by atoms with Crippen LogP contribution in [0, 0.1) is 11.8 Å². The second kappa shape index (κ2) is 10.7. The van der Waals surface area contributed by atoms with Gasteiger partial charge in [0.15, 0.2) is 0 Å². The van der Waals surface area contributed by atoms with Gasteiger partial charge in [0.05, 0.1) is 0 Å². The van der Waals surface area contributed by atoms with Crippen LogP contribution in [0.4, 0.5) is 5.69 Å². The molecule has 1 aliphatic heterocycles. The molecule has 2 unspecified atom stereocenters. The maximum atomic E-state index is 13.5. The monoisotopic (exact) mass is 565 g/mol. The normalized spacial score (nSPS) is 18.6. The molecular weight excluding hydrogens is 510 g/mol. The van der Waals surface area contributed by atoms with Gasteiger partial charge in [0, 0.05) is 18.2 Å². The van der Waals surface area contributed by atoms with Gasteiger partial charge in [-0.2, -0.15) is 0 Å².